The molecule has 5 nitrogen and oxygen atoms in total. The van der Waals surface area contributed by atoms with Gasteiger partial charge in [0.15, 0.2) is 0 Å². The summed E-state index contributed by atoms with van der Waals surface area (Å²) in [4.78, 5) is 10.6. The Balaban J connectivity index is 0.00000169. The van der Waals surface area contributed by atoms with E-state index in [0.717, 1.165) is 0 Å². The van der Waals surface area contributed by atoms with Crippen molar-refractivity contribution in [3.63, 3.8) is 0 Å². The number of nitrogens with zero attached hydrogens (tertiary/aromatic N) is 2. The van der Waals surface area contributed by atoms with Crippen molar-refractivity contribution in [3.8, 4) is 0 Å². The third kappa shape index (κ3) is 2.73. The van der Waals surface area contributed by atoms with Crippen molar-refractivity contribution in [2.24, 2.45) is 10.8 Å². The molecule has 14 heavy (non-hydrogen) atoms. The average Bonchev–Trinajstić information content (AvgIpc) is 2.45. The van der Waals surface area contributed by atoms with Crippen molar-refractivity contribution in [2.45, 2.75) is 25.4 Å². The maximum Gasteiger partial charge on any atom is 0.322 e. The van der Waals surface area contributed by atoms with E-state index in [4.69, 9.17) is 22.4 Å². The van der Waals surface area contributed by atoms with Gasteiger partial charge in [0.25, 0.3) is 0 Å². The first-order valence-electron chi connectivity index (χ1n) is 4.04. The van der Waals surface area contributed by atoms with Gasteiger partial charge in [0, 0.05) is 13.0 Å². The molecular weight excluding hydrogens is 229 g/mol. The molecule has 0 unspecified atom stereocenters. The van der Waals surface area contributed by atoms with Gasteiger partial charge in [-0.2, -0.15) is 5.10 Å². The van der Waals surface area contributed by atoms with Crippen LogP contribution < -0.4 is 5.73 Å². The molecule has 0 amide bonds. The molecule has 0 aliphatic carbocycles. The molecule has 7 heteroatoms. The molecule has 0 bridgehead atoms. The van der Waals surface area contributed by atoms with Gasteiger partial charge in [-0.15, -0.1) is 12.4 Å². The minimum atomic E-state index is -1.02. The van der Waals surface area contributed by atoms with E-state index in [-0.39, 0.29) is 18.4 Å². The molecule has 3 N–H and O–H groups in total. The number of hydrogen-bond acceptors (Lipinski definition) is 4. The van der Waals surface area contributed by atoms with Gasteiger partial charge in [0.05, 0.1) is 6.04 Å². The van der Waals surface area contributed by atoms with Crippen molar-refractivity contribution < 1.29 is 9.90 Å². The van der Waals surface area contributed by atoms with E-state index in [2.05, 4.69) is 5.10 Å². The highest BCUT2D eigenvalue weighted by atomic mass is 35.5. The Morgan fingerprint density at radius 2 is 2.50 bits per heavy atom. The van der Waals surface area contributed by atoms with Crippen molar-refractivity contribution >= 4 is 35.1 Å². The van der Waals surface area contributed by atoms with Crippen molar-refractivity contribution in [3.05, 3.63) is 0 Å². The molecule has 1 aliphatic heterocycles. The summed E-state index contributed by atoms with van der Waals surface area (Å²) in [5, 5.41) is 14.7. The maximum absolute atomic E-state index is 10.6. The predicted octanol–water partition coefficient (Wildman–Crippen LogP) is 0.467. The first-order chi connectivity index (χ1) is 6.06. The third-order valence-corrected chi connectivity index (χ3v) is 2.25. The molecule has 0 radical (unpaired) electrons. The van der Waals surface area contributed by atoms with Crippen molar-refractivity contribution in [1.82, 2.24) is 5.01 Å². The fourth-order valence-corrected chi connectivity index (χ4v) is 1.57. The number of halogens is 2. The van der Waals surface area contributed by atoms with Gasteiger partial charge in [-0.3, -0.25) is 9.80 Å². The number of carbonyl (C=O) groups is 1. The van der Waals surface area contributed by atoms with Crippen LogP contribution in [0.3, 0.4) is 0 Å². The van der Waals surface area contributed by atoms with Crippen molar-refractivity contribution in [2.75, 3.05) is 6.54 Å². The zero-order chi connectivity index (χ0) is 10.0. The van der Waals surface area contributed by atoms with Gasteiger partial charge >= 0.3 is 5.97 Å². The zero-order valence-electron chi connectivity index (χ0n) is 7.68. The van der Waals surface area contributed by atoms with E-state index in [1.165, 1.54) is 0 Å². The molecular formula is C7H13Cl2N3O2. The van der Waals surface area contributed by atoms with Gasteiger partial charge < -0.3 is 10.8 Å². The standard InChI is InChI=1S/C7H12ClN3O2.ClH/c1-2-11-4(3-5(8)10-11)6(9)7(12)13;/h4,6H,2-3,9H2,1H3,(H,12,13);1H/t4-,6+;/m1./s1. The molecule has 0 saturated heterocycles. The Morgan fingerprint density at radius 1 is 1.93 bits per heavy atom. The lowest BCUT2D eigenvalue weighted by molar-refractivity contribution is -0.140. The molecule has 0 saturated carbocycles. The number of aliphatic carboxylic acids is 1. The second-order valence-electron chi connectivity index (χ2n) is 2.87. The summed E-state index contributed by atoms with van der Waals surface area (Å²) in [7, 11) is 0. The van der Waals surface area contributed by atoms with E-state index in [0.29, 0.717) is 18.1 Å². The Labute approximate surface area is 93.3 Å². The van der Waals surface area contributed by atoms with E-state index in [9.17, 15) is 4.79 Å². The lowest BCUT2D eigenvalue weighted by Crippen LogP contribution is -2.48. The molecule has 0 aromatic carbocycles. The van der Waals surface area contributed by atoms with Crippen LogP contribution in [0, 0.1) is 0 Å². The molecule has 0 aromatic heterocycles. The third-order valence-electron chi connectivity index (χ3n) is 2.02. The summed E-state index contributed by atoms with van der Waals surface area (Å²) >= 11 is 5.69. The number of nitrogens with two attached hydrogens (primary N) is 1. The first kappa shape index (κ1) is 13.5. The molecule has 0 spiro atoms. The number of rotatable bonds is 3. The minimum Gasteiger partial charge on any atom is -0.480 e. The van der Waals surface area contributed by atoms with E-state index in [1.807, 2.05) is 6.92 Å². The summed E-state index contributed by atoms with van der Waals surface area (Å²) in [6.07, 6.45) is 0.420. The fourth-order valence-electron chi connectivity index (χ4n) is 1.31. The lowest BCUT2D eigenvalue weighted by Gasteiger charge is -2.24. The quantitative estimate of drug-likeness (QED) is 0.753. The van der Waals surface area contributed by atoms with Gasteiger partial charge in [-0.25, -0.2) is 0 Å². The maximum atomic E-state index is 10.6. The fraction of sp³-hybridized carbons (Fsp3) is 0.714. The van der Waals surface area contributed by atoms with E-state index >= 15 is 0 Å². The number of likely N-dealkylation sites (N-methyl/N-ethyl adjacent to an activating group) is 1. The molecule has 0 fully saturated rings. The van der Waals surface area contributed by atoms with Crippen LogP contribution in [0.5, 0.6) is 0 Å². The smallest absolute Gasteiger partial charge is 0.322 e. The molecule has 0 aromatic rings. The molecule has 82 valence electrons. The molecule has 1 rings (SSSR count). The molecule has 2 atom stereocenters. The molecule has 1 aliphatic rings. The van der Waals surface area contributed by atoms with Crippen LogP contribution in [0.25, 0.3) is 0 Å². The van der Waals surface area contributed by atoms with Crippen molar-refractivity contribution in [1.29, 1.82) is 0 Å². The summed E-state index contributed by atoms with van der Waals surface area (Å²) in [6, 6.07) is -1.24. The van der Waals surface area contributed by atoms with E-state index < -0.39 is 12.0 Å². The number of carboxylic acids is 1. The second kappa shape index (κ2) is 5.38. The normalized spacial score (nSPS) is 22.6. The lowest BCUT2D eigenvalue weighted by atomic mass is 10.1. The first-order valence-corrected chi connectivity index (χ1v) is 4.42. The summed E-state index contributed by atoms with van der Waals surface area (Å²) in [6.45, 7) is 2.49. The number of hydrogen-bond donors (Lipinski definition) is 2. The summed E-state index contributed by atoms with van der Waals surface area (Å²) in [5.41, 5.74) is 5.48. The van der Waals surface area contributed by atoms with Crippen LogP contribution in [0.15, 0.2) is 5.10 Å². The van der Waals surface area contributed by atoms with Crippen LogP contribution in [0.1, 0.15) is 13.3 Å². The number of carboxylic acid groups (broad SMARTS) is 1. The largest absolute Gasteiger partial charge is 0.480 e. The van der Waals surface area contributed by atoms with Crippen LogP contribution >= 0.6 is 24.0 Å². The Bertz CT molecular complexity index is 247. The highest BCUT2D eigenvalue weighted by Gasteiger charge is 2.33. The Hall–Kier alpha value is -0.520. The highest BCUT2D eigenvalue weighted by Crippen LogP contribution is 2.19. The van der Waals surface area contributed by atoms with Gasteiger partial charge in [0.1, 0.15) is 11.2 Å². The van der Waals surface area contributed by atoms with Crippen LogP contribution in [0.2, 0.25) is 0 Å². The van der Waals surface area contributed by atoms with Crippen LogP contribution in [-0.2, 0) is 4.79 Å². The average molecular weight is 242 g/mol. The predicted molar refractivity (Wildman–Crippen MR) is 56.9 cm³/mol. The Morgan fingerprint density at radius 3 is 2.93 bits per heavy atom. The SMILES string of the molecule is CCN1N=C(Cl)C[C@@H]1[C@H](N)C(=O)O.Cl. The number of hydrazone groups is 1. The zero-order valence-corrected chi connectivity index (χ0v) is 9.25. The monoisotopic (exact) mass is 241 g/mol. The molecule has 1 heterocycles. The van der Waals surface area contributed by atoms with E-state index in [1.54, 1.807) is 5.01 Å². The topological polar surface area (TPSA) is 78.9 Å². The van der Waals surface area contributed by atoms with Gasteiger partial charge in [-0.05, 0) is 6.92 Å². The van der Waals surface area contributed by atoms with Crippen LogP contribution in [0.4, 0.5) is 0 Å². The van der Waals surface area contributed by atoms with Gasteiger partial charge in [-0.1, -0.05) is 11.6 Å². The summed E-state index contributed by atoms with van der Waals surface area (Å²) in [5.74, 6) is -1.02. The second-order valence-corrected chi connectivity index (χ2v) is 3.30. The van der Waals surface area contributed by atoms with Crippen LogP contribution in [-0.4, -0.2) is 39.9 Å². The highest BCUT2D eigenvalue weighted by molar-refractivity contribution is 6.65. The Kier molecular flexibility index (Phi) is 5.18. The minimum absolute atomic E-state index is 0. The summed E-state index contributed by atoms with van der Waals surface area (Å²) < 4.78 is 0. The van der Waals surface area contributed by atoms with Gasteiger partial charge in [0.2, 0.25) is 0 Å².